The smallest absolute Gasteiger partial charge is 0.328 e. The zero-order valence-electron chi connectivity index (χ0n) is 22.7. The van der Waals surface area contributed by atoms with Gasteiger partial charge in [0.05, 0.1) is 18.5 Å². The van der Waals surface area contributed by atoms with Crippen molar-refractivity contribution < 1.29 is 29.4 Å². The van der Waals surface area contributed by atoms with Gasteiger partial charge in [0.25, 0.3) is 0 Å². The Morgan fingerprint density at radius 1 is 0.950 bits per heavy atom. The first-order valence-electron chi connectivity index (χ1n) is 13.1. The van der Waals surface area contributed by atoms with Gasteiger partial charge in [0.1, 0.15) is 12.1 Å². The molecule has 216 valence electrons. The third-order valence-electron chi connectivity index (χ3n) is 6.45. The third-order valence-corrected chi connectivity index (χ3v) is 6.45. The summed E-state index contributed by atoms with van der Waals surface area (Å²) in [6.45, 7) is 5.00. The first kappa shape index (κ1) is 30.3. The van der Waals surface area contributed by atoms with Gasteiger partial charge in [-0.25, -0.2) is 9.78 Å². The van der Waals surface area contributed by atoms with Gasteiger partial charge in [0, 0.05) is 35.4 Å². The molecule has 0 aliphatic rings. The van der Waals surface area contributed by atoms with Crippen LogP contribution in [0.2, 0.25) is 0 Å². The second-order valence-corrected chi connectivity index (χ2v) is 10.3. The number of imidazole rings is 1. The average molecular weight is 556 g/mol. The van der Waals surface area contributed by atoms with Crippen LogP contribution in [0, 0.1) is 5.92 Å². The lowest BCUT2D eigenvalue weighted by Gasteiger charge is -2.26. The second kappa shape index (κ2) is 13.7. The second-order valence-electron chi connectivity index (χ2n) is 10.3. The van der Waals surface area contributed by atoms with Crippen LogP contribution in [0.25, 0.3) is 10.9 Å². The van der Waals surface area contributed by atoms with Crippen molar-refractivity contribution in [2.24, 2.45) is 11.7 Å². The Kier molecular flexibility index (Phi) is 10.4. The molecule has 5 unspecified atom stereocenters. The van der Waals surface area contributed by atoms with Crippen molar-refractivity contribution in [2.45, 2.75) is 70.3 Å². The van der Waals surface area contributed by atoms with E-state index in [2.05, 4.69) is 30.9 Å². The molecule has 2 aromatic heterocycles. The van der Waals surface area contributed by atoms with E-state index in [1.54, 1.807) is 6.20 Å². The molecule has 40 heavy (non-hydrogen) atoms. The van der Waals surface area contributed by atoms with Crippen LogP contribution in [0.5, 0.6) is 0 Å². The van der Waals surface area contributed by atoms with Gasteiger partial charge >= 0.3 is 5.97 Å². The number of nitrogens with two attached hydrogens (primary N) is 1. The molecule has 1 aromatic carbocycles. The number of para-hydroxylation sites is 1. The molecule has 0 saturated carbocycles. The fourth-order valence-corrected chi connectivity index (χ4v) is 4.35. The molecule has 2 heterocycles. The summed E-state index contributed by atoms with van der Waals surface area (Å²) in [6, 6.07) is 2.89. The van der Waals surface area contributed by atoms with E-state index < -0.39 is 54.0 Å². The van der Waals surface area contributed by atoms with Gasteiger partial charge in [-0.1, -0.05) is 32.0 Å². The maximum absolute atomic E-state index is 13.4. The fourth-order valence-electron chi connectivity index (χ4n) is 4.35. The normalized spacial score (nSPS) is 15.2. The highest BCUT2D eigenvalue weighted by Crippen LogP contribution is 2.19. The number of benzene rings is 1. The summed E-state index contributed by atoms with van der Waals surface area (Å²) in [4.78, 5) is 60.9. The highest BCUT2D eigenvalue weighted by Gasteiger charge is 2.32. The van der Waals surface area contributed by atoms with Crippen molar-refractivity contribution in [2.75, 3.05) is 0 Å². The number of hydrogen-bond acceptors (Lipinski definition) is 7. The van der Waals surface area contributed by atoms with Gasteiger partial charge in [0.15, 0.2) is 6.04 Å². The van der Waals surface area contributed by atoms with Gasteiger partial charge < -0.3 is 41.9 Å². The van der Waals surface area contributed by atoms with Gasteiger partial charge in [-0.3, -0.25) is 14.4 Å². The van der Waals surface area contributed by atoms with Gasteiger partial charge in [-0.05, 0) is 37.3 Å². The molecule has 0 spiro atoms. The molecule has 0 aliphatic carbocycles. The summed E-state index contributed by atoms with van der Waals surface area (Å²) in [6.07, 6.45) is 3.76. The molecular formula is C27H37N7O6. The summed E-state index contributed by atoms with van der Waals surface area (Å²) in [5, 5.41) is 27.7. The Bertz CT molecular complexity index is 1300. The van der Waals surface area contributed by atoms with Crippen molar-refractivity contribution in [3.8, 4) is 0 Å². The van der Waals surface area contributed by atoms with E-state index in [-0.39, 0.29) is 25.2 Å². The van der Waals surface area contributed by atoms with Gasteiger partial charge in [0.2, 0.25) is 17.7 Å². The maximum Gasteiger partial charge on any atom is 0.328 e. The van der Waals surface area contributed by atoms with E-state index in [1.807, 2.05) is 38.1 Å². The number of aliphatic carboxylic acids is 1. The number of aliphatic hydroxyl groups is 1. The Hall–Kier alpha value is -4.23. The van der Waals surface area contributed by atoms with Crippen LogP contribution in [0.1, 0.15) is 38.4 Å². The summed E-state index contributed by atoms with van der Waals surface area (Å²) in [5.41, 5.74) is 8.51. The lowest BCUT2D eigenvalue weighted by Crippen LogP contribution is -2.59. The lowest BCUT2D eigenvalue weighted by molar-refractivity contribution is -0.145. The topological polar surface area (TPSA) is 215 Å². The van der Waals surface area contributed by atoms with Crippen LogP contribution < -0.4 is 21.7 Å². The van der Waals surface area contributed by atoms with Crippen molar-refractivity contribution in [3.05, 3.63) is 54.2 Å². The molecule has 3 amide bonds. The number of carbonyl (C=O) groups excluding carboxylic acids is 3. The lowest BCUT2D eigenvalue weighted by atomic mass is 10.0. The quantitative estimate of drug-likeness (QED) is 0.135. The summed E-state index contributed by atoms with van der Waals surface area (Å²) in [5.74, 6) is -3.40. The molecule has 5 atom stereocenters. The highest BCUT2D eigenvalue weighted by molar-refractivity contribution is 5.94. The first-order valence-corrected chi connectivity index (χ1v) is 13.1. The zero-order valence-corrected chi connectivity index (χ0v) is 22.7. The van der Waals surface area contributed by atoms with E-state index >= 15 is 0 Å². The largest absolute Gasteiger partial charge is 0.480 e. The number of H-pyrrole nitrogens is 2. The number of hydrogen-bond donors (Lipinski definition) is 8. The number of nitrogens with one attached hydrogen (secondary N) is 5. The van der Waals surface area contributed by atoms with Crippen molar-refractivity contribution in [1.29, 1.82) is 0 Å². The minimum Gasteiger partial charge on any atom is -0.480 e. The van der Waals surface area contributed by atoms with Gasteiger partial charge in [-0.15, -0.1) is 0 Å². The number of fused-ring (bicyclic) bond motifs is 1. The van der Waals surface area contributed by atoms with Crippen LogP contribution in [-0.2, 0) is 32.0 Å². The number of amides is 3. The molecule has 0 fully saturated rings. The van der Waals surface area contributed by atoms with Crippen molar-refractivity contribution >= 4 is 34.6 Å². The Balaban J connectivity index is 1.73. The minimum atomic E-state index is -1.58. The van der Waals surface area contributed by atoms with E-state index in [1.165, 1.54) is 19.4 Å². The number of aromatic nitrogens is 3. The van der Waals surface area contributed by atoms with E-state index in [4.69, 9.17) is 5.73 Å². The van der Waals surface area contributed by atoms with Crippen LogP contribution in [-0.4, -0.2) is 79.1 Å². The predicted molar refractivity (Wildman–Crippen MR) is 147 cm³/mol. The first-order chi connectivity index (χ1) is 19.0. The predicted octanol–water partition coefficient (Wildman–Crippen LogP) is -0.0306. The molecular weight excluding hydrogens is 518 g/mol. The molecule has 9 N–H and O–H groups in total. The summed E-state index contributed by atoms with van der Waals surface area (Å²) >= 11 is 0. The molecule has 0 bridgehead atoms. The van der Waals surface area contributed by atoms with Crippen LogP contribution >= 0.6 is 0 Å². The minimum absolute atomic E-state index is 0.00686. The monoisotopic (exact) mass is 555 g/mol. The molecule has 0 radical (unpaired) electrons. The average Bonchev–Trinajstić information content (AvgIpc) is 3.55. The molecule has 0 saturated heterocycles. The van der Waals surface area contributed by atoms with Crippen LogP contribution in [0.15, 0.2) is 43.0 Å². The third kappa shape index (κ3) is 8.13. The number of carbonyl (C=O) groups is 4. The Labute approximate surface area is 231 Å². The standard InChI is InChI=1S/C27H37N7O6/c1-14(2)8-21(32-24(36)19(28)9-16-11-30-20-7-5-4-6-18(16)20)25(37)33-22(10-17-12-29-13-31-17)26(38)34-23(15(3)35)27(39)40/h4-7,11-15,19,21-23,30,35H,8-10,28H2,1-3H3,(H,29,31)(H,32,36)(H,33,37)(H,34,38)(H,39,40). The Morgan fingerprint density at radius 2 is 1.62 bits per heavy atom. The molecule has 13 heteroatoms. The number of aliphatic hydroxyl groups excluding tert-OH is 1. The highest BCUT2D eigenvalue weighted by atomic mass is 16.4. The van der Waals surface area contributed by atoms with E-state index in [9.17, 15) is 29.4 Å². The summed E-state index contributed by atoms with van der Waals surface area (Å²) < 4.78 is 0. The van der Waals surface area contributed by atoms with E-state index in [0.29, 0.717) is 5.69 Å². The molecule has 3 rings (SSSR count). The van der Waals surface area contributed by atoms with E-state index in [0.717, 1.165) is 16.5 Å². The number of carboxylic acid groups (broad SMARTS) is 1. The van der Waals surface area contributed by atoms with Crippen molar-refractivity contribution in [3.63, 3.8) is 0 Å². The number of rotatable bonds is 14. The fraction of sp³-hybridized carbons (Fsp3) is 0.444. The molecule has 3 aromatic rings. The SMILES string of the molecule is CC(C)CC(NC(=O)C(N)Cc1c[nH]c2ccccc12)C(=O)NC(Cc1cnc[nH]1)C(=O)NC(C(=O)O)C(C)O. The number of nitrogens with zero attached hydrogens (tertiary/aromatic N) is 1. The zero-order chi connectivity index (χ0) is 29.4. The van der Waals surface area contributed by atoms with Crippen LogP contribution in [0.3, 0.4) is 0 Å². The Morgan fingerprint density at radius 3 is 2.25 bits per heavy atom. The maximum atomic E-state index is 13.4. The molecule has 0 aliphatic heterocycles. The van der Waals surface area contributed by atoms with Crippen molar-refractivity contribution in [1.82, 2.24) is 30.9 Å². The molecule has 13 nitrogen and oxygen atoms in total. The number of carboxylic acids is 1. The number of aromatic amines is 2. The van der Waals surface area contributed by atoms with Crippen LogP contribution in [0.4, 0.5) is 0 Å². The summed E-state index contributed by atoms with van der Waals surface area (Å²) in [7, 11) is 0. The van der Waals surface area contributed by atoms with Gasteiger partial charge in [-0.2, -0.15) is 0 Å².